The van der Waals surface area contributed by atoms with E-state index in [0.29, 0.717) is 16.5 Å². The van der Waals surface area contributed by atoms with Crippen LogP contribution in [0, 0.1) is 21.4 Å². The van der Waals surface area contributed by atoms with Crippen LogP contribution in [-0.4, -0.2) is 15.4 Å². The Labute approximate surface area is 145 Å². The molecule has 0 saturated carbocycles. The van der Waals surface area contributed by atoms with Crippen molar-refractivity contribution in [3.05, 3.63) is 73.9 Å². The van der Waals surface area contributed by atoms with Gasteiger partial charge in [0.15, 0.2) is 0 Å². The van der Waals surface area contributed by atoms with Gasteiger partial charge in [-0.25, -0.2) is 0 Å². The number of benzene rings is 2. The van der Waals surface area contributed by atoms with Crippen LogP contribution in [0.3, 0.4) is 0 Å². The second-order valence-electron chi connectivity index (χ2n) is 4.89. The molecule has 0 atom stereocenters. The fourth-order valence-electron chi connectivity index (χ4n) is 2.41. The molecular formula is C16H7Cl2N3O3. The van der Waals surface area contributed by atoms with E-state index in [1.165, 1.54) is 10.8 Å². The van der Waals surface area contributed by atoms with Crippen molar-refractivity contribution in [2.75, 3.05) is 0 Å². The smallest absolute Gasteiger partial charge is 0.282 e. The van der Waals surface area contributed by atoms with Crippen molar-refractivity contribution in [2.24, 2.45) is 0 Å². The zero-order valence-corrected chi connectivity index (χ0v) is 13.4. The largest absolute Gasteiger partial charge is 0.288 e. The third-order valence-electron chi connectivity index (χ3n) is 3.51. The van der Waals surface area contributed by atoms with Gasteiger partial charge < -0.3 is 0 Å². The topological polar surface area (TPSA) is 88.9 Å². The Kier molecular flexibility index (Phi) is 3.97. The number of carbonyl (C=O) groups is 1. The number of hydrogen-bond acceptors (Lipinski definition) is 4. The van der Waals surface area contributed by atoms with Crippen LogP contribution < -0.4 is 0 Å². The monoisotopic (exact) mass is 359 g/mol. The molecule has 0 aliphatic carbocycles. The van der Waals surface area contributed by atoms with E-state index in [2.05, 4.69) is 0 Å². The Morgan fingerprint density at radius 1 is 1.21 bits per heavy atom. The van der Waals surface area contributed by atoms with Gasteiger partial charge in [0, 0.05) is 17.6 Å². The maximum absolute atomic E-state index is 12.8. The molecular weight excluding hydrogens is 353 g/mol. The number of fused-ring (bicyclic) bond motifs is 1. The van der Waals surface area contributed by atoms with E-state index >= 15 is 0 Å². The van der Waals surface area contributed by atoms with Crippen LogP contribution in [-0.2, 0) is 0 Å². The molecule has 0 unspecified atom stereocenters. The zero-order valence-electron chi connectivity index (χ0n) is 11.9. The summed E-state index contributed by atoms with van der Waals surface area (Å²) in [6.07, 6.45) is 1.38. The first-order valence-corrected chi connectivity index (χ1v) is 7.38. The molecule has 8 heteroatoms. The lowest BCUT2D eigenvalue weighted by atomic mass is 10.1. The van der Waals surface area contributed by atoms with E-state index in [9.17, 15) is 20.2 Å². The Morgan fingerprint density at radius 3 is 2.58 bits per heavy atom. The molecule has 0 bridgehead atoms. The summed E-state index contributed by atoms with van der Waals surface area (Å²) in [5.74, 6) is -0.586. The predicted octanol–water partition coefficient (Wildman–Crippen LogP) is 4.42. The minimum absolute atomic E-state index is 0.00751. The summed E-state index contributed by atoms with van der Waals surface area (Å²) in [5, 5.41) is 20.7. The van der Waals surface area contributed by atoms with E-state index in [-0.39, 0.29) is 15.6 Å². The van der Waals surface area contributed by atoms with Crippen LogP contribution in [0.15, 0.2) is 42.6 Å². The van der Waals surface area contributed by atoms with Crippen molar-refractivity contribution in [1.82, 2.24) is 4.57 Å². The van der Waals surface area contributed by atoms with Gasteiger partial charge in [-0.15, -0.1) is 0 Å². The molecule has 1 aromatic heterocycles. The summed E-state index contributed by atoms with van der Waals surface area (Å²) in [6.45, 7) is 0. The molecule has 0 N–H and O–H groups in total. The van der Waals surface area contributed by atoms with Gasteiger partial charge in [-0.05, 0) is 12.1 Å². The Balaban J connectivity index is 2.23. The molecule has 6 nitrogen and oxygen atoms in total. The molecule has 0 amide bonds. The minimum Gasteiger partial charge on any atom is -0.282 e. The third-order valence-corrected chi connectivity index (χ3v) is 4.13. The fraction of sp³-hybridized carbons (Fsp3) is 0. The first kappa shape index (κ1) is 16.0. The maximum Gasteiger partial charge on any atom is 0.288 e. The molecule has 0 aliphatic rings. The zero-order chi connectivity index (χ0) is 17.4. The standard InChI is InChI=1S/C16H7Cl2N3O3/c17-12-6-13(18)15(21(23)24)5-11(12)16(22)20-8-9(7-19)10-3-1-2-4-14(10)20/h1-6,8H. The SMILES string of the molecule is N#Cc1cn(C(=O)c2cc([N+](=O)[O-])c(Cl)cc2Cl)c2ccccc12. The van der Waals surface area contributed by atoms with Gasteiger partial charge in [0.1, 0.15) is 11.1 Å². The molecule has 0 radical (unpaired) electrons. The molecule has 0 aliphatic heterocycles. The van der Waals surface area contributed by atoms with Gasteiger partial charge in [-0.3, -0.25) is 19.5 Å². The van der Waals surface area contributed by atoms with Gasteiger partial charge in [0.25, 0.3) is 11.6 Å². The van der Waals surface area contributed by atoms with E-state index in [4.69, 9.17) is 23.2 Å². The summed E-state index contributed by atoms with van der Waals surface area (Å²) in [5.41, 5.74) is 0.339. The maximum atomic E-state index is 12.8. The summed E-state index contributed by atoms with van der Waals surface area (Å²) >= 11 is 11.8. The van der Waals surface area contributed by atoms with Crippen LogP contribution in [0.2, 0.25) is 10.0 Å². The molecule has 3 aromatic rings. The van der Waals surface area contributed by atoms with Gasteiger partial charge in [-0.1, -0.05) is 41.4 Å². The van der Waals surface area contributed by atoms with E-state index in [1.807, 2.05) is 6.07 Å². The highest BCUT2D eigenvalue weighted by Crippen LogP contribution is 2.32. The second kappa shape index (κ2) is 5.96. The number of rotatable bonds is 2. The van der Waals surface area contributed by atoms with Crippen molar-refractivity contribution in [3.8, 4) is 6.07 Å². The van der Waals surface area contributed by atoms with Crippen molar-refractivity contribution < 1.29 is 9.72 Å². The molecule has 24 heavy (non-hydrogen) atoms. The Bertz CT molecular complexity index is 1050. The quantitative estimate of drug-likeness (QED) is 0.500. The molecule has 0 fully saturated rings. The minimum atomic E-state index is -0.691. The van der Waals surface area contributed by atoms with Crippen LogP contribution in [0.4, 0.5) is 5.69 Å². The summed E-state index contributed by atoms with van der Waals surface area (Å²) in [4.78, 5) is 23.1. The van der Waals surface area contributed by atoms with Gasteiger partial charge in [-0.2, -0.15) is 5.26 Å². The van der Waals surface area contributed by atoms with Crippen LogP contribution in [0.1, 0.15) is 15.9 Å². The first-order valence-electron chi connectivity index (χ1n) is 6.62. The van der Waals surface area contributed by atoms with Crippen molar-refractivity contribution >= 4 is 45.7 Å². The van der Waals surface area contributed by atoms with Crippen molar-refractivity contribution in [3.63, 3.8) is 0 Å². The van der Waals surface area contributed by atoms with E-state index < -0.39 is 16.5 Å². The highest BCUT2D eigenvalue weighted by Gasteiger charge is 2.23. The molecule has 118 valence electrons. The molecule has 2 aromatic carbocycles. The lowest BCUT2D eigenvalue weighted by Gasteiger charge is -2.07. The van der Waals surface area contributed by atoms with Crippen LogP contribution in [0.25, 0.3) is 10.9 Å². The first-order chi connectivity index (χ1) is 11.4. The van der Waals surface area contributed by atoms with Crippen LogP contribution in [0.5, 0.6) is 0 Å². The number of nitro groups is 1. The van der Waals surface area contributed by atoms with Gasteiger partial charge in [0.2, 0.25) is 0 Å². The molecule has 3 rings (SSSR count). The second-order valence-corrected chi connectivity index (χ2v) is 5.70. The number of para-hydroxylation sites is 1. The lowest BCUT2D eigenvalue weighted by Crippen LogP contribution is -2.12. The number of hydrogen-bond donors (Lipinski definition) is 0. The Hall–Kier alpha value is -2.88. The van der Waals surface area contributed by atoms with Gasteiger partial charge in [0.05, 0.1) is 26.6 Å². The average Bonchev–Trinajstić information content (AvgIpc) is 2.93. The number of nitriles is 1. The number of carbonyl (C=O) groups excluding carboxylic acids is 1. The van der Waals surface area contributed by atoms with Crippen molar-refractivity contribution in [1.29, 1.82) is 5.26 Å². The third kappa shape index (κ3) is 2.50. The summed E-state index contributed by atoms with van der Waals surface area (Å²) < 4.78 is 1.24. The summed E-state index contributed by atoms with van der Waals surface area (Å²) in [6, 6.07) is 11.1. The molecule has 0 saturated heterocycles. The van der Waals surface area contributed by atoms with E-state index in [0.717, 1.165) is 12.1 Å². The fourth-order valence-corrected chi connectivity index (χ4v) is 2.94. The summed E-state index contributed by atoms with van der Waals surface area (Å²) in [7, 11) is 0. The lowest BCUT2D eigenvalue weighted by molar-refractivity contribution is -0.384. The number of nitrogens with zero attached hydrogens (tertiary/aromatic N) is 3. The number of aromatic nitrogens is 1. The number of nitro benzene ring substituents is 1. The average molecular weight is 360 g/mol. The normalized spacial score (nSPS) is 10.5. The predicted molar refractivity (Wildman–Crippen MR) is 89.5 cm³/mol. The van der Waals surface area contributed by atoms with Gasteiger partial charge >= 0.3 is 0 Å². The molecule has 0 spiro atoms. The van der Waals surface area contributed by atoms with E-state index in [1.54, 1.807) is 24.3 Å². The molecule has 1 heterocycles. The Morgan fingerprint density at radius 2 is 1.92 bits per heavy atom. The number of halogens is 2. The van der Waals surface area contributed by atoms with Crippen LogP contribution >= 0.6 is 23.2 Å². The highest BCUT2D eigenvalue weighted by molar-refractivity contribution is 6.38. The van der Waals surface area contributed by atoms with Crippen molar-refractivity contribution in [2.45, 2.75) is 0 Å². The highest BCUT2D eigenvalue weighted by atomic mass is 35.5.